The fourth-order valence-corrected chi connectivity index (χ4v) is 1.39. The van der Waals surface area contributed by atoms with Crippen molar-refractivity contribution in [3.63, 3.8) is 0 Å². The number of benzene rings is 1. The molecule has 0 spiro atoms. The number of carbonyl (C=O) groups is 2. The first-order chi connectivity index (χ1) is 9.13. The number of methoxy groups -OCH3 is 1. The van der Waals surface area contributed by atoms with E-state index in [2.05, 4.69) is 0 Å². The fourth-order valence-electron chi connectivity index (χ4n) is 1.22. The molecule has 0 saturated carbocycles. The van der Waals surface area contributed by atoms with Crippen molar-refractivity contribution in [3.8, 4) is 5.75 Å². The van der Waals surface area contributed by atoms with E-state index >= 15 is 0 Å². The van der Waals surface area contributed by atoms with E-state index in [9.17, 15) is 9.59 Å². The first kappa shape index (κ1) is 15.5. The van der Waals surface area contributed by atoms with Crippen LogP contribution in [0, 0.1) is 0 Å². The summed E-state index contributed by atoms with van der Waals surface area (Å²) in [6.45, 7) is 0.505. The van der Waals surface area contributed by atoms with Gasteiger partial charge in [-0.3, -0.25) is 9.59 Å². The van der Waals surface area contributed by atoms with Crippen molar-refractivity contribution < 1.29 is 23.8 Å². The van der Waals surface area contributed by atoms with Crippen LogP contribution in [-0.4, -0.2) is 32.3 Å². The summed E-state index contributed by atoms with van der Waals surface area (Å²) in [5.74, 6) is -0.716. The summed E-state index contributed by atoms with van der Waals surface area (Å²) in [6.07, 6.45) is -0.0932. The Labute approximate surface area is 116 Å². The molecule has 0 aliphatic rings. The third kappa shape index (κ3) is 6.22. The van der Waals surface area contributed by atoms with Gasteiger partial charge in [-0.25, -0.2) is 0 Å². The van der Waals surface area contributed by atoms with Gasteiger partial charge in [0.15, 0.2) is 0 Å². The molecule has 0 saturated heterocycles. The van der Waals surface area contributed by atoms with Gasteiger partial charge in [-0.05, 0) is 12.1 Å². The largest absolute Gasteiger partial charge is 0.463 e. The lowest BCUT2D eigenvalue weighted by molar-refractivity contribution is -0.147. The maximum Gasteiger partial charge on any atom is 0.311 e. The van der Waals surface area contributed by atoms with Crippen LogP contribution in [0.25, 0.3) is 0 Å². The standard InChI is InChI=1S/C13H15ClO5/c1-17-8-9-18-12(15)6-7-13(16)19-11-5-3-2-4-10(11)14/h2-5H,6-9H2,1H3. The number of rotatable bonds is 7. The summed E-state index contributed by atoms with van der Waals surface area (Å²) < 4.78 is 14.6. The number of carbonyl (C=O) groups excluding carboxylic acids is 2. The number of halogens is 1. The lowest BCUT2D eigenvalue weighted by atomic mass is 10.3. The molecule has 104 valence electrons. The Kier molecular flexibility index (Phi) is 6.92. The Bertz CT molecular complexity index is 433. The molecule has 0 N–H and O–H groups in total. The SMILES string of the molecule is COCCOC(=O)CCC(=O)Oc1ccccc1Cl. The molecule has 19 heavy (non-hydrogen) atoms. The third-order valence-corrected chi connectivity index (χ3v) is 2.46. The zero-order valence-electron chi connectivity index (χ0n) is 10.6. The molecule has 0 aromatic heterocycles. The summed E-state index contributed by atoms with van der Waals surface area (Å²) in [5.41, 5.74) is 0. The molecule has 0 amide bonds. The minimum atomic E-state index is -0.531. The average Bonchev–Trinajstić information content (AvgIpc) is 2.39. The number of hydrogen-bond donors (Lipinski definition) is 0. The molecule has 0 aliphatic heterocycles. The van der Waals surface area contributed by atoms with Gasteiger partial charge in [-0.15, -0.1) is 0 Å². The van der Waals surface area contributed by atoms with Crippen LogP contribution >= 0.6 is 11.6 Å². The Hall–Kier alpha value is -1.59. The number of esters is 2. The predicted octanol–water partition coefficient (Wildman–Crippen LogP) is 2.22. The van der Waals surface area contributed by atoms with Crippen LogP contribution in [0.5, 0.6) is 5.75 Å². The summed E-state index contributed by atoms with van der Waals surface area (Å²) in [5, 5.41) is 0.346. The molecule has 0 bridgehead atoms. The van der Waals surface area contributed by atoms with E-state index in [1.165, 1.54) is 7.11 Å². The first-order valence-electron chi connectivity index (χ1n) is 5.73. The van der Waals surface area contributed by atoms with Crippen LogP contribution in [0.15, 0.2) is 24.3 Å². The van der Waals surface area contributed by atoms with Gasteiger partial charge in [-0.1, -0.05) is 23.7 Å². The van der Waals surface area contributed by atoms with Crippen molar-refractivity contribution in [1.29, 1.82) is 0 Å². The Balaban J connectivity index is 2.28. The van der Waals surface area contributed by atoms with Gasteiger partial charge < -0.3 is 14.2 Å². The predicted molar refractivity (Wildman–Crippen MR) is 69.2 cm³/mol. The average molecular weight is 287 g/mol. The maximum atomic E-state index is 11.5. The monoisotopic (exact) mass is 286 g/mol. The molecule has 0 aliphatic carbocycles. The van der Waals surface area contributed by atoms with Gasteiger partial charge >= 0.3 is 11.9 Å². The summed E-state index contributed by atoms with van der Waals surface area (Å²) >= 11 is 5.83. The molecule has 0 fully saturated rings. The highest BCUT2D eigenvalue weighted by molar-refractivity contribution is 6.32. The number of ether oxygens (including phenoxy) is 3. The Morgan fingerprint density at radius 3 is 2.47 bits per heavy atom. The minimum absolute atomic E-state index is 0.0347. The van der Waals surface area contributed by atoms with E-state index in [1.807, 2.05) is 0 Å². The Morgan fingerprint density at radius 1 is 1.11 bits per heavy atom. The maximum absolute atomic E-state index is 11.5. The van der Waals surface area contributed by atoms with E-state index < -0.39 is 11.9 Å². The number of para-hydroxylation sites is 1. The second-order valence-corrected chi connectivity index (χ2v) is 4.02. The van der Waals surface area contributed by atoms with E-state index in [1.54, 1.807) is 24.3 Å². The highest BCUT2D eigenvalue weighted by Crippen LogP contribution is 2.23. The van der Waals surface area contributed by atoms with Gasteiger partial charge in [-0.2, -0.15) is 0 Å². The molecule has 0 radical (unpaired) electrons. The second kappa shape index (κ2) is 8.50. The van der Waals surface area contributed by atoms with Gasteiger partial charge in [0.2, 0.25) is 0 Å². The molecule has 0 unspecified atom stereocenters. The first-order valence-corrected chi connectivity index (χ1v) is 6.11. The lowest BCUT2D eigenvalue weighted by Gasteiger charge is -2.06. The molecule has 5 nitrogen and oxygen atoms in total. The van der Waals surface area contributed by atoms with Crippen molar-refractivity contribution in [2.45, 2.75) is 12.8 Å². The van der Waals surface area contributed by atoms with E-state index in [4.69, 9.17) is 25.8 Å². The molecule has 1 aromatic carbocycles. The molecule has 6 heteroatoms. The zero-order chi connectivity index (χ0) is 14.1. The van der Waals surface area contributed by atoms with Crippen molar-refractivity contribution in [2.75, 3.05) is 20.3 Å². The van der Waals surface area contributed by atoms with Gasteiger partial charge in [0.05, 0.1) is 24.5 Å². The van der Waals surface area contributed by atoms with Gasteiger partial charge in [0, 0.05) is 7.11 Å². The van der Waals surface area contributed by atoms with Crippen LogP contribution in [0.2, 0.25) is 5.02 Å². The molecule has 0 heterocycles. The van der Waals surface area contributed by atoms with Crippen molar-refractivity contribution in [3.05, 3.63) is 29.3 Å². The summed E-state index contributed by atoms with van der Waals surface area (Å²) in [7, 11) is 1.51. The summed E-state index contributed by atoms with van der Waals surface area (Å²) in [6, 6.07) is 6.63. The van der Waals surface area contributed by atoms with Crippen LogP contribution < -0.4 is 4.74 Å². The molecular weight excluding hydrogens is 272 g/mol. The van der Waals surface area contributed by atoms with E-state index in [-0.39, 0.29) is 25.2 Å². The van der Waals surface area contributed by atoms with Crippen LogP contribution in [0.1, 0.15) is 12.8 Å². The van der Waals surface area contributed by atoms with Gasteiger partial charge in [0.1, 0.15) is 12.4 Å². The van der Waals surface area contributed by atoms with Crippen LogP contribution in [0.4, 0.5) is 0 Å². The van der Waals surface area contributed by atoms with Crippen molar-refractivity contribution >= 4 is 23.5 Å². The highest BCUT2D eigenvalue weighted by Gasteiger charge is 2.11. The minimum Gasteiger partial charge on any atom is -0.463 e. The molecule has 1 aromatic rings. The van der Waals surface area contributed by atoms with E-state index in [0.29, 0.717) is 11.6 Å². The lowest BCUT2D eigenvalue weighted by Crippen LogP contribution is -2.14. The normalized spacial score (nSPS) is 10.0. The molecular formula is C13H15ClO5. The quantitative estimate of drug-likeness (QED) is 0.437. The van der Waals surface area contributed by atoms with Crippen molar-refractivity contribution in [2.24, 2.45) is 0 Å². The highest BCUT2D eigenvalue weighted by atomic mass is 35.5. The third-order valence-electron chi connectivity index (χ3n) is 2.14. The van der Waals surface area contributed by atoms with Crippen molar-refractivity contribution in [1.82, 2.24) is 0 Å². The van der Waals surface area contributed by atoms with Crippen LogP contribution in [-0.2, 0) is 19.1 Å². The topological polar surface area (TPSA) is 61.8 Å². The van der Waals surface area contributed by atoms with Gasteiger partial charge in [0.25, 0.3) is 0 Å². The second-order valence-electron chi connectivity index (χ2n) is 3.62. The molecule has 1 rings (SSSR count). The van der Waals surface area contributed by atoms with Crippen LogP contribution in [0.3, 0.4) is 0 Å². The molecule has 0 atom stereocenters. The Morgan fingerprint density at radius 2 is 1.79 bits per heavy atom. The smallest absolute Gasteiger partial charge is 0.311 e. The fraction of sp³-hybridized carbons (Fsp3) is 0.385. The number of hydrogen-bond acceptors (Lipinski definition) is 5. The zero-order valence-corrected chi connectivity index (χ0v) is 11.3. The van der Waals surface area contributed by atoms with E-state index in [0.717, 1.165) is 0 Å². The summed E-state index contributed by atoms with van der Waals surface area (Å²) in [4.78, 5) is 22.7.